The molecule has 0 bridgehead atoms. The summed E-state index contributed by atoms with van der Waals surface area (Å²) >= 11 is 0. The largest absolute Gasteiger partial charge is 0.405 e. The van der Waals surface area contributed by atoms with Crippen molar-refractivity contribution < 1.29 is 22.3 Å². The van der Waals surface area contributed by atoms with E-state index in [1.807, 2.05) is 0 Å². The number of anilines is 2. The molecule has 0 spiro atoms. The van der Waals surface area contributed by atoms with Gasteiger partial charge in [-0.1, -0.05) is 17.9 Å². The summed E-state index contributed by atoms with van der Waals surface area (Å²) < 4.78 is 62.8. The van der Waals surface area contributed by atoms with Gasteiger partial charge in [-0.3, -0.25) is 9.38 Å². The number of aryl methyl sites for hydroxylation is 1. The molecule has 3 aromatic heterocycles. The first-order chi connectivity index (χ1) is 16.8. The Labute approximate surface area is 196 Å². The van der Waals surface area contributed by atoms with Crippen molar-refractivity contribution in [3.05, 3.63) is 53.4 Å². The number of halogens is 4. The maximum absolute atomic E-state index is 15.2. The average molecular weight is 482 g/mol. The highest BCUT2D eigenvalue weighted by Gasteiger charge is 2.62. The molecule has 1 aliphatic carbocycles. The summed E-state index contributed by atoms with van der Waals surface area (Å²) in [6.07, 6.45) is -1.72. The molecule has 7 nitrogen and oxygen atoms in total. The molecular formula is C24H18F4N6O. The van der Waals surface area contributed by atoms with E-state index in [0.717, 1.165) is 6.20 Å². The summed E-state index contributed by atoms with van der Waals surface area (Å²) in [4.78, 5) is 10.4. The summed E-state index contributed by atoms with van der Waals surface area (Å²) in [5.41, 5.74) is 0.215. The molecule has 0 N–H and O–H groups in total. The highest BCUT2D eigenvalue weighted by Crippen LogP contribution is 2.57. The monoisotopic (exact) mass is 482 g/mol. The van der Waals surface area contributed by atoms with Crippen LogP contribution in [0.4, 0.5) is 29.1 Å². The van der Waals surface area contributed by atoms with Crippen molar-refractivity contribution in [1.82, 2.24) is 24.6 Å². The van der Waals surface area contributed by atoms with Crippen LogP contribution in [-0.4, -0.2) is 43.9 Å². The van der Waals surface area contributed by atoms with Gasteiger partial charge in [0.15, 0.2) is 5.82 Å². The Hall–Kier alpha value is -3.78. The second kappa shape index (κ2) is 7.61. The van der Waals surface area contributed by atoms with Crippen molar-refractivity contribution in [2.45, 2.75) is 32.5 Å². The van der Waals surface area contributed by atoms with Crippen molar-refractivity contribution in [3.8, 4) is 11.8 Å². The van der Waals surface area contributed by atoms with Crippen molar-refractivity contribution in [3.63, 3.8) is 0 Å². The SMILES string of the molecule is Cc1nnc2nc(N3CCOCc4c(C#CC5(C(F)(F)F)CC5)cccc43)c3c(F)cncc3n12. The van der Waals surface area contributed by atoms with E-state index in [2.05, 4.69) is 32.0 Å². The molecule has 6 rings (SSSR count). The summed E-state index contributed by atoms with van der Waals surface area (Å²) in [7, 11) is 0. The van der Waals surface area contributed by atoms with Gasteiger partial charge in [0.1, 0.15) is 17.1 Å². The Bertz CT molecular complexity index is 1550. The molecule has 4 aromatic rings. The van der Waals surface area contributed by atoms with E-state index in [0.29, 0.717) is 47.1 Å². The minimum Gasteiger partial charge on any atom is -0.375 e. The van der Waals surface area contributed by atoms with E-state index >= 15 is 4.39 Å². The van der Waals surface area contributed by atoms with Crippen LogP contribution in [-0.2, 0) is 11.3 Å². The lowest BCUT2D eigenvalue weighted by Gasteiger charge is -2.25. The third-order valence-corrected chi connectivity index (χ3v) is 6.49. The number of rotatable bonds is 1. The van der Waals surface area contributed by atoms with E-state index < -0.39 is 17.4 Å². The van der Waals surface area contributed by atoms with Crippen LogP contribution < -0.4 is 4.90 Å². The summed E-state index contributed by atoms with van der Waals surface area (Å²) in [5.74, 6) is 5.76. The van der Waals surface area contributed by atoms with E-state index in [1.165, 1.54) is 6.20 Å². The van der Waals surface area contributed by atoms with Gasteiger partial charge in [0.25, 0.3) is 5.78 Å². The number of pyridine rings is 1. The highest BCUT2D eigenvalue weighted by molar-refractivity contribution is 5.94. The molecule has 1 fully saturated rings. The second-order valence-corrected chi connectivity index (χ2v) is 8.67. The van der Waals surface area contributed by atoms with Gasteiger partial charge in [-0.2, -0.15) is 18.2 Å². The van der Waals surface area contributed by atoms with Gasteiger partial charge in [-0.15, -0.1) is 10.2 Å². The summed E-state index contributed by atoms with van der Waals surface area (Å²) in [5, 5.41) is 8.39. The summed E-state index contributed by atoms with van der Waals surface area (Å²) in [6, 6.07) is 5.19. The van der Waals surface area contributed by atoms with E-state index in [-0.39, 0.29) is 30.6 Å². The fraction of sp³-hybridized carbons (Fsp3) is 0.333. The lowest BCUT2D eigenvalue weighted by Crippen LogP contribution is -2.23. The zero-order valence-electron chi connectivity index (χ0n) is 18.5. The van der Waals surface area contributed by atoms with Crippen molar-refractivity contribution in [2.75, 3.05) is 18.1 Å². The van der Waals surface area contributed by atoms with Crippen LogP contribution >= 0.6 is 0 Å². The number of hydrogen-bond donors (Lipinski definition) is 0. The van der Waals surface area contributed by atoms with Crippen LogP contribution in [0.25, 0.3) is 16.7 Å². The van der Waals surface area contributed by atoms with E-state index in [1.54, 1.807) is 34.4 Å². The van der Waals surface area contributed by atoms with Gasteiger partial charge >= 0.3 is 6.18 Å². The van der Waals surface area contributed by atoms with Gasteiger partial charge in [0.05, 0.1) is 36.5 Å². The number of aromatic nitrogens is 5. The quantitative estimate of drug-likeness (QED) is 0.294. The fourth-order valence-corrected chi connectivity index (χ4v) is 4.43. The predicted molar refractivity (Wildman–Crippen MR) is 118 cm³/mol. The molecule has 1 saturated carbocycles. The van der Waals surface area contributed by atoms with Crippen LogP contribution in [0.3, 0.4) is 0 Å². The number of nitrogens with zero attached hydrogens (tertiary/aromatic N) is 6. The maximum atomic E-state index is 15.2. The Morgan fingerprint density at radius 2 is 1.97 bits per heavy atom. The first-order valence-corrected chi connectivity index (χ1v) is 11.0. The smallest absolute Gasteiger partial charge is 0.375 e. The van der Waals surface area contributed by atoms with Crippen molar-refractivity contribution in [2.24, 2.45) is 5.41 Å². The van der Waals surface area contributed by atoms with Crippen LogP contribution in [0, 0.1) is 30.0 Å². The van der Waals surface area contributed by atoms with Crippen LogP contribution in [0.2, 0.25) is 0 Å². The second-order valence-electron chi connectivity index (χ2n) is 8.67. The van der Waals surface area contributed by atoms with Gasteiger partial charge in [-0.25, -0.2) is 4.39 Å². The first kappa shape index (κ1) is 21.7. The van der Waals surface area contributed by atoms with Gasteiger partial charge in [-0.05, 0) is 31.9 Å². The molecule has 1 aromatic carbocycles. The third-order valence-electron chi connectivity index (χ3n) is 6.49. The molecule has 35 heavy (non-hydrogen) atoms. The Kier molecular flexibility index (Phi) is 4.73. The lowest BCUT2D eigenvalue weighted by atomic mass is 10.0. The highest BCUT2D eigenvalue weighted by atomic mass is 19.4. The maximum Gasteiger partial charge on any atom is 0.405 e. The first-order valence-electron chi connectivity index (χ1n) is 11.0. The van der Waals surface area contributed by atoms with Gasteiger partial charge in [0, 0.05) is 23.4 Å². The zero-order valence-corrected chi connectivity index (χ0v) is 18.5. The molecule has 11 heteroatoms. The summed E-state index contributed by atoms with van der Waals surface area (Å²) in [6.45, 7) is 2.52. The molecule has 1 aliphatic heterocycles. The number of fused-ring (bicyclic) bond motifs is 4. The molecular weight excluding hydrogens is 464 g/mol. The molecule has 0 saturated heterocycles. The molecule has 178 valence electrons. The Morgan fingerprint density at radius 1 is 1.14 bits per heavy atom. The standard InChI is InChI=1S/C24H18F4N6O/c1-14-31-32-22-30-21(20-17(25)11-29-12-19(20)34(14)22)33-9-10-35-13-16-15(3-2-4-18(16)33)5-6-23(7-8-23)24(26,27)28/h2-4,11-12H,7-10,13H2,1H3. The molecule has 0 amide bonds. The minimum absolute atomic E-state index is 0.00213. The van der Waals surface area contributed by atoms with Crippen LogP contribution in [0.5, 0.6) is 0 Å². The van der Waals surface area contributed by atoms with Gasteiger partial charge in [0.2, 0.25) is 0 Å². The average Bonchev–Trinajstić information content (AvgIpc) is 3.58. The van der Waals surface area contributed by atoms with Gasteiger partial charge < -0.3 is 9.64 Å². The van der Waals surface area contributed by atoms with E-state index in [4.69, 9.17) is 4.74 Å². The predicted octanol–water partition coefficient (Wildman–Crippen LogP) is 4.48. The van der Waals surface area contributed by atoms with Crippen LogP contribution in [0.15, 0.2) is 30.6 Å². The lowest BCUT2D eigenvalue weighted by molar-refractivity contribution is -0.168. The molecule has 4 heterocycles. The normalized spacial score (nSPS) is 17.1. The third kappa shape index (κ3) is 3.39. The molecule has 2 aliphatic rings. The minimum atomic E-state index is -4.37. The van der Waals surface area contributed by atoms with Crippen molar-refractivity contribution in [1.29, 1.82) is 0 Å². The molecule has 0 unspecified atom stereocenters. The molecule has 0 atom stereocenters. The number of benzene rings is 1. The number of hydrogen-bond acceptors (Lipinski definition) is 6. The topological polar surface area (TPSA) is 68.4 Å². The van der Waals surface area contributed by atoms with Crippen LogP contribution in [0.1, 0.15) is 29.8 Å². The van der Waals surface area contributed by atoms with Crippen molar-refractivity contribution >= 4 is 28.2 Å². The Balaban J connectivity index is 1.54. The van der Waals surface area contributed by atoms with E-state index in [9.17, 15) is 13.2 Å². The zero-order chi connectivity index (χ0) is 24.4. The fourth-order valence-electron chi connectivity index (χ4n) is 4.43. The number of alkyl halides is 3. The Morgan fingerprint density at radius 3 is 2.74 bits per heavy atom. The number of ether oxygens (including phenoxy) is 1. The molecule has 0 radical (unpaired) electrons.